The van der Waals surface area contributed by atoms with Crippen molar-refractivity contribution in [3.05, 3.63) is 42.0 Å². The van der Waals surface area contributed by atoms with Crippen molar-refractivity contribution in [3.8, 4) is 0 Å². The second kappa shape index (κ2) is 10.9. The van der Waals surface area contributed by atoms with Crippen LogP contribution in [0.1, 0.15) is 81.6 Å². The molecule has 3 fully saturated rings. The number of hydrogen-bond donors (Lipinski definition) is 0. The van der Waals surface area contributed by atoms with Gasteiger partial charge in [-0.05, 0) is 0 Å². The average Bonchev–Trinajstić information content (AvgIpc) is 3.18. The molecule has 5 rings (SSSR count). The van der Waals surface area contributed by atoms with Crippen LogP contribution in [0.3, 0.4) is 0 Å². The standard InChI is InChI=1S/C37H58O4SeSi2/c1-24-21-37(41-44(12,13)34(5,6)7)31(35(37,8)9)29-30(42-28-17-15-14-16-18-28)25(23-40-43(10,11)33(2,3)4)19-26-20-27(38)22-36(24,26)32(29)39/h14-19,24,26,29-31H,20-23H2,1-13H3/t24-,26-,29+,30+,31-,36-,37+/m1/s1. The number of benzene rings is 1. The van der Waals surface area contributed by atoms with Gasteiger partial charge in [0.2, 0.25) is 0 Å². The third kappa shape index (κ3) is 5.28. The molecule has 0 saturated heterocycles. The minimum atomic E-state index is -2.17. The van der Waals surface area contributed by atoms with E-state index < -0.39 is 22.0 Å². The van der Waals surface area contributed by atoms with Crippen molar-refractivity contribution < 1.29 is 18.4 Å². The Morgan fingerprint density at radius 3 is 2.09 bits per heavy atom. The number of fused-ring (bicyclic) bond motifs is 3. The molecule has 4 aliphatic carbocycles. The third-order valence-corrected chi connectivity index (χ3v) is 25.1. The quantitative estimate of drug-likeness (QED) is 0.212. The summed E-state index contributed by atoms with van der Waals surface area (Å²) in [7, 11) is -4.23. The molecule has 0 aliphatic heterocycles. The minimum absolute atomic E-state index is 0.0308. The second-order valence-electron chi connectivity index (χ2n) is 18.2. The predicted octanol–water partition coefficient (Wildman–Crippen LogP) is 8.37. The van der Waals surface area contributed by atoms with Gasteiger partial charge in [0.05, 0.1) is 0 Å². The van der Waals surface area contributed by atoms with E-state index >= 15 is 4.79 Å². The molecule has 4 nitrogen and oxygen atoms in total. The van der Waals surface area contributed by atoms with Gasteiger partial charge in [-0.25, -0.2) is 0 Å². The first-order valence-electron chi connectivity index (χ1n) is 16.8. The molecular formula is C37H58O4SeSi2. The van der Waals surface area contributed by atoms with Crippen molar-refractivity contribution in [3.63, 3.8) is 0 Å². The maximum atomic E-state index is 15.5. The molecule has 4 aliphatic rings. The van der Waals surface area contributed by atoms with Gasteiger partial charge in [-0.1, -0.05) is 0 Å². The van der Waals surface area contributed by atoms with Crippen LogP contribution in [0.5, 0.6) is 0 Å². The van der Waals surface area contributed by atoms with Gasteiger partial charge < -0.3 is 0 Å². The summed E-state index contributed by atoms with van der Waals surface area (Å²) >= 11 is 0.0308. The number of carbonyl (C=O) groups excluding carboxylic acids is 2. The van der Waals surface area contributed by atoms with E-state index in [4.69, 9.17) is 8.85 Å². The van der Waals surface area contributed by atoms with Gasteiger partial charge in [-0.2, -0.15) is 0 Å². The molecule has 0 radical (unpaired) electrons. The first-order chi connectivity index (χ1) is 20.0. The fraction of sp³-hybridized carbons (Fsp3) is 0.730. The van der Waals surface area contributed by atoms with Crippen LogP contribution < -0.4 is 4.46 Å². The Hall–Kier alpha value is -0.827. The van der Waals surface area contributed by atoms with Gasteiger partial charge in [-0.15, -0.1) is 0 Å². The Kier molecular flexibility index (Phi) is 8.51. The SMILES string of the molecule is C[C@@H]1C[C@]2(O[Si](C)(C)C(C)(C)C)[C@H]([C@H]3C(=O)[C@]14CC(=O)C[C@H]4C=C(CO[Si](C)(C)C(C)(C)C)[C@@H]3[Se]c1ccccc1)C2(C)C. The molecule has 7 atom stereocenters. The molecule has 0 aromatic heterocycles. The molecule has 244 valence electrons. The van der Waals surface area contributed by atoms with Crippen molar-refractivity contribution in [2.24, 2.45) is 34.5 Å². The molecule has 0 N–H and O–H groups in total. The van der Waals surface area contributed by atoms with Crippen LogP contribution in [0.2, 0.25) is 41.1 Å². The first kappa shape index (κ1) is 34.5. The molecule has 3 saturated carbocycles. The summed E-state index contributed by atoms with van der Waals surface area (Å²) in [6, 6.07) is 10.8. The van der Waals surface area contributed by atoms with Gasteiger partial charge in [0.25, 0.3) is 0 Å². The molecule has 1 spiro atoms. The van der Waals surface area contributed by atoms with Crippen molar-refractivity contribution in [1.29, 1.82) is 0 Å². The van der Waals surface area contributed by atoms with Gasteiger partial charge in [0.1, 0.15) is 0 Å². The second-order valence-corrected chi connectivity index (χ2v) is 30.2. The number of carbonyl (C=O) groups is 2. The Bertz CT molecular complexity index is 1340. The van der Waals surface area contributed by atoms with E-state index in [0.29, 0.717) is 25.2 Å². The molecular weight excluding hydrogens is 644 g/mol. The molecule has 0 unspecified atom stereocenters. The number of hydrogen-bond acceptors (Lipinski definition) is 4. The summed E-state index contributed by atoms with van der Waals surface area (Å²) in [5.74, 6) is 0.576. The maximum absolute atomic E-state index is 15.5. The fourth-order valence-electron chi connectivity index (χ4n) is 8.45. The number of ketones is 2. The van der Waals surface area contributed by atoms with E-state index in [0.717, 1.165) is 6.42 Å². The molecule has 0 heterocycles. The zero-order valence-corrected chi connectivity index (χ0v) is 33.4. The van der Waals surface area contributed by atoms with Gasteiger partial charge in [0.15, 0.2) is 0 Å². The van der Waals surface area contributed by atoms with E-state index in [1.807, 2.05) is 0 Å². The van der Waals surface area contributed by atoms with Crippen LogP contribution >= 0.6 is 0 Å². The van der Waals surface area contributed by atoms with E-state index in [1.165, 1.54) is 10.0 Å². The Morgan fingerprint density at radius 1 is 0.932 bits per heavy atom. The summed E-state index contributed by atoms with van der Waals surface area (Å²) in [5.41, 5.74) is 0.149. The third-order valence-electron chi connectivity index (χ3n) is 13.3. The van der Waals surface area contributed by atoms with Crippen molar-refractivity contribution >= 4 is 47.6 Å². The van der Waals surface area contributed by atoms with Crippen LogP contribution in [0, 0.1) is 34.5 Å². The molecule has 1 aromatic carbocycles. The van der Waals surface area contributed by atoms with E-state index in [9.17, 15) is 4.79 Å². The van der Waals surface area contributed by atoms with Crippen LogP contribution in [-0.2, 0) is 18.4 Å². The van der Waals surface area contributed by atoms with E-state index in [1.54, 1.807) is 0 Å². The molecule has 0 amide bonds. The van der Waals surface area contributed by atoms with Crippen molar-refractivity contribution in [2.75, 3.05) is 6.61 Å². The average molecular weight is 702 g/mol. The predicted molar refractivity (Wildman–Crippen MR) is 188 cm³/mol. The molecule has 44 heavy (non-hydrogen) atoms. The van der Waals surface area contributed by atoms with Gasteiger partial charge in [0, 0.05) is 0 Å². The first-order valence-corrected chi connectivity index (χ1v) is 24.5. The summed E-state index contributed by atoms with van der Waals surface area (Å²) < 4.78 is 15.9. The zero-order chi connectivity index (χ0) is 32.9. The Morgan fingerprint density at radius 2 is 1.52 bits per heavy atom. The van der Waals surface area contributed by atoms with Crippen LogP contribution in [0.25, 0.3) is 0 Å². The molecule has 7 heteroatoms. The summed E-state index contributed by atoms with van der Waals surface area (Å²) in [6.45, 7) is 30.8. The normalized spacial score (nSPS) is 35.4. The van der Waals surface area contributed by atoms with Crippen molar-refractivity contribution in [1.82, 2.24) is 0 Å². The van der Waals surface area contributed by atoms with E-state index in [-0.39, 0.29) is 70.3 Å². The van der Waals surface area contributed by atoms with Crippen LogP contribution in [0.4, 0.5) is 0 Å². The Labute approximate surface area is 276 Å². The van der Waals surface area contributed by atoms with Gasteiger partial charge >= 0.3 is 277 Å². The topological polar surface area (TPSA) is 52.6 Å². The number of Topliss-reactive ketones (excluding diaryl/α,β-unsaturated/α-hetero) is 2. The monoisotopic (exact) mass is 702 g/mol. The summed E-state index contributed by atoms with van der Waals surface area (Å²) in [6.07, 6.45) is 4.12. The number of allylic oxidation sites excluding steroid dienone is 1. The Balaban J connectivity index is 1.70. The molecule has 2 bridgehead atoms. The zero-order valence-electron chi connectivity index (χ0n) is 29.7. The molecule has 1 aromatic rings. The summed E-state index contributed by atoms with van der Waals surface area (Å²) in [5, 5.41) is 0.154. The van der Waals surface area contributed by atoms with E-state index in [2.05, 4.69) is 125 Å². The van der Waals surface area contributed by atoms with Gasteiger partial charge in [-0.3, -0.25) is 0 Å². The van der Waals surface area contributed by atoms with Crippen LogP contribution in [0.15, 0.2) is 42.0 Å². The van der Waals surface area contributed by atoms with Crippen LogP contribution in [-0.4, -0.2) is 55.4 Å². The summed E-state index contributed by atoms with van der Waals surface area (Å²) in [4.78, 5) is 29.0. The number of rotatable bonds is 7. The fourth-order valence-corrected chi connectivity index (χ4v) is 13.9. The van der Waals surface area contributed by atoms with Crippen molar-refractivity contribution in [2.45, 2.75) is 128 Å².